The molecule has 128 valence electrons. The van der Waals surface area contributed by atoms with Crippen LogP contribution in [0, 0.1) is 6.92 Å². The van der Waals surface area contributed by atoms with Crippen molar-refractivity contribution < 1.29 is 9.21 Å². The van der Waals surface area contributed by atoms with E-state index >= 15 is 0 Å². The van der Waals surface area contributed by atoms with Crippen LogP contribution < -0.4 is 10.6 Å². The van der Waals surface area contributed by atoms with Gasteiger partial charge < -0.3 is 15.1 Å². The van der Waals surface area contributed by atoms with Crippen molar-refractivity contribution in [3.05, 3.63) is 70.0 Å². The van der Waals surface area contributed by atoms with E-state index < -0.39 is 0 Å². The standard InChI is InChI=1S/C17H14Cl2N4O2/c1-10-21-15(8-16(22-10)20-9-12-3-2-6-25-12)17(24)23-11-4-5-13(18)14(19)7-11/h2-8H,9H2,1H3,(H,23,24)(H,20,21,22). The molecule has 8 heteroatoms. The zero-order valence-corrected chi connectivity index (χ0v) is 14.7. The molecule has 0 aliphatic carbocycles. The fourth-order valence-corrected chi connectivity index (χ4v) is 2.43. The van der Waals surface area contributed by atoms with Crippen LogP contribution in [0.15, 0.2) is 47.1 Å². The highest BCUT2D eigenvalue weighted by Crippen LogP contribution is 2.25. The normalized spacial score (nSPS) is 10.5. The van der Waals surface area contributed by atoms with Crippen molar-refractivity contribution in [3.63, 3.8) is 0 Å². The Hall–Kier alpha value is -2.57. The summed E-state index contributed by atoms with van der Waals surface area (Å²) in [6.45, 7) is 2.17. The molecule has 3 aromatic rings. The molecule has 0 aliphatic rings. The lowest BCUT2D eigenvalue weighted by Gasteiger charge is -2.09. The number of anilines is 2. The lowest BCUT2D eigenvalue weighted by atomic mass is 10.3. The van der Waals surface area contributed by atoms with E-state index in [1.807, 2.05) is 6.07 Å². The van der Waals surface area contributed by atoms with E-state index in [0.717, 1.165) is 5.76 Å². The number of carbonyl (C=O) groups excluding carboxylic acids is 1. The van der Waals surface area contributed by atoms with Gasteiger partial charge in [-0.15, -0.1) is 0 Å². The Morgan fingerprint density at radius 1 is 1.16 bits per heavy atom. The summed E-state index contributed by atoms with van der Waals surface area (Å²) in [5.41, 5.74) is 0.765. The minimum atomic E-state index is -0.370. The highest BCUT2D eigenvalue weighted by Gasteiger charge is 2.12. The molecule has 0 atom stereocenters. The van der Waals surface area contributed by atoms with E-state index in [4.69, 9.17) is 27.6 Å². The molecule has 0 aliphatic heterocycles. The van der Waals surface area contributed by atoms with Crippen molar-refractivity contribution in [2.75, 3.05) is 10.6 Å². The third-order valence-corrected chi connectivity index (χ3v) is 4.01. The van der Waals surface area contributed by atoms with Crippen LogP contribution in [-0.2, 0) is 6.54 Å². The van der Waals surface area contributed by atoms with Crippen molar-refractivity contribution in [2.24, 2.45) is 0 Å². The molecule has 6 nitrogen and oxygen atoms in total. The Balaban J connectivity index is 1.74. The van der Waals surface area contributed by atoms with Crippen molar-refractivity contribution in [3.8, 4) is 0 Å². The minimum absolute atomic E-state index is 0.237. The van der Waals surface area contributed by atoms with Gasteiger partial charge in [0.1, 0.15) is 23.1 Å². The topological polar surface area (TPSA) is 80.0 Å². The fraction of sp³-hybridized carbons (Fsp3) is 0.118. The van der Waals surface area contributed by atoms with Gasteiger partial charge in [0.25, 0.3) is 5.91 Å². The maximum atomic E-state index is 12.4. The summed E-state index contributed by atoms with van der Waals surface area (Å²) in [6.07, 6.45) is 1.60. The van der Waals surface area contributed by atoms with Crippen LogP contribution in [0.2, 0.25) is 10.0 Å². The molecule has 0 unspecified atom stereocenters. The van der Waals surface area contributed by atoms with Crippen LogP contribution in [-0.4, -0.2) is 15.9 Å². The molecule has 2 N–H and O–H groups in total. The van der Waals surface area contributed by atoms with E-state index in [9.17, 15) is 4.79 Å². The molecule has 2 heterocycles. The number of aryl methyl sites for hydroxylation is 1. The quantitative estimate of drug-likeness (QED) is 0.682. The summed E-state index contributed by atoms with van der Waals surface area (Å²) in [7, 11) is 0. The maximum absolute atomic E-state index is 12.4. The molecule has 1 aromatic carbocycles. The Kier molecular flexibility index (Phi) is 5.21. The molecule has 25 heavy (non-hydrogen) atoms. The lowest BCUT2D eigenvalue weighted by molar-refractivity contribution is 0.102. The molecule has 2 aromatic heterocycles. The lowest BCUT2D eigenvalue weighted by Crippen LogP contribution is -2.15. The van der Waals surface area contributed by atoms with Crippen molar-refractivity contribution in [1.29, 1.82) is 0 Å². The Labute approximate surface area is 154 Å². The van der Waals surface area contributed by atoms with Crippen LogP contribution >= 0.6 is 23.2 Å². The van der Waals surface area contributed by atoms with Gasteiger partial charge in [-0.3, -0.25) is 4.79 Å². The van der Waals surface area contributed by atoms with Crippen molar-refractivity contribution in [2.45, 2.75) is 13.5 Å². The Morgan fingerprint density at radius 2 is 2.00 bits per heavy atom. The largest absolute Gasteiger partial charge is 0.467 e. The molecule has 0 spiro atoms. The average Bonchev–Trinajstić information content (AvgIpc) is 3.09. The Morgan fingerprint density at radius 3 is 2.72 bits per heavy atom. The summed E-state index contributed by atoms with van der Waals surface area (Å²) >= 11 is 11.8. The number of amides is 1. The summed E-state index contributed by atoms with van der Waals surface area (Å²) in [4.78, 5) is 20.9. The molecule has 0 bridgehead atoms. The van der Waals surface area contributed by atoms with Gasteiger partial charge in [-0.05, 0) is 37.3 Å². The zero-order valence-electron chi connectivity index (χ0n) is 13.2. The predicted octanol–water partition coefficient (Wildman–Crippen LogP) is 4.55. The third-order valence-electron chi connectivity index (χ3n) is 3.27. The second-order valence-corrected chi connectivity index (χ2v) is 6.02. The van der Waals surface area contributed by atoms with Gasteiger partial charge in [0.15, 0.2) is 0 Å². The van der Waals surface area contributed by atoms with E-state index in [2.05, 4.69) is 20.6 Å². The van der Waals surface area contributed by atoms with Crippen LogP contribution in [0.25, 0.3) is 0 Å². The third kappa shape index (κ3) is 4.49. The van der Waals surface area contributed by atoms with Gasteiger partial charge >= 0.3 is 0 Å². The summed E-state index contributed by atoms with van der Waals surface area (Å²) in [6, 6.07) is 10.1. The molecule has 0 radical (unpaired) electrons. The number of furan rings is 1. The van der Waals surface area contributed by atoms with Gasteiger partial charge in [0, 0.05) is 11.8 Å². The summed E-state index contributed by atoms with van der Waals surface area (Å²) < 4.78 is 5.25. The number of benzene rings is 1. The molecule has 0 saturated carbocycles. The summed E-state index contributed by atoms with van der Waals surface area (Å²) in [5, 5.41) is 6.61. The average molecular weight is 377 g/mol. The molecule has 3 rings (SSSR count). The first-order valence-electron chi connectivity index (χ1n) is 7.39. The number of halogens is 2. The van der Waals surface area contributed by atoms with E-state index in [1.165, 1.54) is 0 Å². The molecular weight excluding hydrogens is 363 g/mol. The number of rotatable bonds is 5. The first-order valence-corrected chi connectivity index (χ1v) is 8.15. The molecular formula is C17H14Cl2N4O2. The molecule has 0 fully saturated rings. The van der Waals surface area contributed by atoms with Crippen LogP contribution in [0.4, 0.5) is 11.5 Å². The van der Waals surface area contributed by atoms with E-state index in [0.29, 0.717) is 33.9 Å². The van der Waals surface area contributed by atoms with Gasteiger partial charge in [0.05, 0.1) is 22.9 Å². The number of nitrogens with zero attached hydrogens (tertiary/aromatic N) is 2. The van der Waals surface area contributed by atoms with Gasteiger partial charge in [-0.1, -0.05) is 23.2 Å². The van der Waals surface area contributed by atoms with Gasteiger partial charge in [-0.2, -0.15) is 0 Å². The van der Waals surface area contributed by atoms with E-state index in [-0.39, 0.29) is 11.6 Å². The molecule has 0 saturated heterocycles. The first kappa shape index (κ1) is 17.3. The second kappa shape index (κ2) is 7.55. The monoisotopic (exact) mass is 376 g/mol. The van der Waals surface area contributed by atoms with Crippen LogP contribution in [0.3, 0.4) is 0 Å². The van der Waals surface area contributed by atoms with Gasteiger partial charge in [0.2, 0.25) is 0 Å². The maximum Gasteiger partial charge on any atom is 0.274 e. The second-order valence-electron chi connectivity index (χ2n) is 5.20. The van der Waals surface area contributed by atoms with Gasteiger partial charge in [-0.25, -0.2) is 9.97 Å². The van der Waals surface area contributed by atoms with Crippen molar-refractivity contribution in [1.82, 2.24) is 9.97 Å². The number of hydrogen-bond donors (Lipinski definition) is 2. The minimum Gasteiger partial charge on any atom is -0.467 e. The predicted molar refractivity (Wildman–Crippen MR) is 97.2 cm³/mol. The SMILES string of the molecule is Cc1nc(NCc2ccco2)cc(C(=O)Nc2ccc(Cl)c(Cl)c2)n1. The summed E-state index contributed by atoms with van der Waals surface area (Å²) in [5.74, 6) is 1.40. The number of nitrogens with one attached hydrogen (secondary N) is 2. The Bertz CT molecular complexity index is 898. The van der Waals surface area contributed by atoms with Crippen LogP contribution in [0.5, 0.6) is 0 Å². The zero-order chi connectivity index (χ0) is 17.8. The van der Waals surface area contributed by atoms with E-state index in [1.54, 1.807) is 43.5 Å². The highest BCUT2D eigenvalue weighted by molar-refractivity contribution is 6.42. The first-order chi connectivity index (χ1) is 12.0. The number of aromatic nitrogens is 2. The fourth-order valence-electron chi connectivity index (χ4n) is 2.13. The number of hydrogen-bond acceptors (Lipinski definition) is 5. The smallest absolute Gasteiger partial charge is 0.274 e. The highest BCUT2D eigenvalue weighted by atomic mass is 35.5. The molecule has 1 amide bonds. The van der Waals surface area contributed by atoms with Crippen LogP contribution in [0.1, 0.15) is 22.1 Å². The van der Waals surface area contributed by atoms with Crippen molar-refractivity contribution >= 4 is 40.6 Å². The number of carbonyl (C=O) groups is 1.